The van der Waals surface area contributed by atoms with Gasteiger partial charge in [0, 0.05) is 23.4 Å². The summed E-state index contributed by atoms with van der Waals surface area (Å²) in [6, 6.07) is 8.14. The lowest BCUT2D eigenvalue weighted by molar-refractivity contribution is 0.0930. The second-order valence-corrected chi connectivity index (χ2v) is 8.94. The first-order valence-electron chi connectivity index (χ1n) is 9.66. The number of hydrogen-bond donors (Lipinski definition) is 3. The summed E-state index contributed by atoms with van der Waals surface area (Å²) in [4.78, 5) is 36.7. The Balaban J connectivity index is 1.89. The van der Waals surface area contributed by atoms with Gasteiger partial charge in [0.05, 0.1) is 11.7 Å². The van der Waals surface area contributed by atoms with Crippen LogP contribution in [0.4, 0.5) is 0 Å². The van der Waals surface area contributed by atoms with Crippen molar-refractivity contribution in [2.75, 3.05) is 12.0 Å². The first kappa shape index (κ1) is 21.8. The van der Waals surface area contributed by atoms with E-state index in [2.05, 4.69) is 30.5 Å². The average molecular weight is 427 g/mol. The van der Waals surface area contributed by atoms with E-state index in [4.69, 9.17) is 0 Å². The van der Waals surface area contributed by atoms with Crippen LogP contribution in [0.2, 0.25) is 0 Å². The van der Waals surface area contributed by atoms with Crippen molar-refractivity contribution in [1.29, 1.82) is 0 Å². The molecule has 9 heteroatoms. The third kappa shape index (κ3) is 5.35. The van der Waals surface area contributed by atoms with Gasteiger partial charge in [0.2, 0.25) is 0 Å². The van der Waals surface area contributed by atoms with Crippen molar-refractivity contribution >= 4 is 17.7 Å². The van der Waals surface area contributed by atoms with Crippen LogP contribution in [0.1, 0.15) is 55.1 Å². The summed E-state index contributed by atoms with van der Waals surface area (Å²) in [6.07, 6.45) is 4.26. The van der Waals surface area contributed by atoms with Gasteiger partial charge in [-0.3, -0.25) is 19.7 Å². The lowest BCUT2D eigenvalue weighted by atomic mass is 9.92. The van der Waals surface area contributed by atoms with Gasteiger partial charge >= 0.3 is 0 Å². The Morgan fingerprint density at radius 2 is 2.07 bits per heavy atom. The van der Waals surface area contributed by atoms with Gasteiger partial charge in [-0.2, -0.15) is 16.9 Å². The minimum absolute atomic E-state index is 0.143. The normalized spacial score (nSPS) is 12.5. The summed E-state index contributed by atoms with van der Waals surface area (Å²) in [6.45, 7) is 6.13. The van der Waals surface area contributed by atoms with E-state index in [1.807, 2.05) is 33.1 Å². The molecule has 3 heterocycles. The molecular weight excluding hydrogens is 400 g/mol. The fourth-order valence-corrected chi connectivity index (χ4v) is 3.33. The Morgan fingerprint density at radius 1 is 1.27 bits per heavy atom. The number of carbonyl (C=O) groups is 1. The molecule has 0 aliphatic carbocycles. The van der Waals surface area contributed by atoms with Crippen molar-refractivity contribution in [2.45, 2.75) is 38.6 Å². The predicted molar refractivity (Wildman–Crippen MR) is 119 cm³/mol. The zero-order valence-corrected chi connectivity index (χ0v) is 18.3. The van der Waals surface area contributed by atoms with E-state index in [-0.39, 0.29) is 16.9 Å². The maximum Gasteiger partial charge on any atom is 0.272 e. The van der Waals surface area contributed by atoms with Crippen LogP contribution in [0, 0.1) is 0 Å². The van der Waals surface area contributed by atoms with Crippen molar-refractivity contribution in [1.82, 2.24) is 30.5 Å². The highest BCUT2D eigenvalue weighted by Gasteiger charge is 2.23. The van der Waals surface area contributed by atoms with Crippen molar-refractivity contribution in [3.8, 4) is 11.5 Å². The molecule has 0 saturated carbocycles. The highest BCUT2D eigenvalue weighted by atomic mass is 32.2. The van der Waals surface area contributed by atoms with Crippen LogP contribution in [0.15, 0.2) is 41.3 Å². The predicted octanol–water partition coefficient (Wildman–Crippen LogP) is 3.08. The molecule has 8 nitrogen and oxygen atoms in total. The van der Waals surface area contributed by atoms with Gasteiger partial charge in [0.25, 0.3) is 11.5 Å². The number of thioether (sulfide) groups is 1. The number of nitrogens with one attached hydrogen (secondary N) is 3. The summed E-state index contributed by atoms with van der Waals surface area (Å²) in [5, 5.41) is 10.1. The van der Waals surface area contributed by atoms with Crippen LogP contribution < -0.4 is 10.9 Å². The summed E-state index contributed by atoms with van der Waals surface area (Å²) < 4.78 is 0. The summed E-state index contributed by atoms with van der Waals surface area (Å²) >= 11 is 1.66. The molecular formula is C21H26N6O2S. The number of carbonyl (C=O) groups excluding carboxylic acids is 1. The summed E-state index contributed by atoms with van der Waals surface area (Å²) in [7, 11) is 0. The number of hydrogen-bond acceptors (Lipinski definition) is 6. The highest BCUT2D eigenvalue weighted by molar-refractivity contribution is 7.98. The van der Waals surface area contributed by atoms with Crippen LogP contribution in [-0.4, -0.2) is 43.1 Å². The van der Waals surface area contributed by atoms with Crippen LogP contribution >= 0.6 is 11.8 Å². The molecule has 0 radical (unpaired) electrons. The van der Waals surface area contributed by atoms with E-state index in [1.54, 1.807) is 36.2 Å². The molecule has 0 spiro atoms. The molecule has 0 bridgehead atoms. The van der Waals surface area contributed by atoms with Gasteiger partial charge in [-0.1, -0.05) is 26.8 Å². The SMILES string of the molecule is CSCC[C@H](NC(=O)c1cc(C(C)(C)C)[nH]n1)c1cc(=O)[nH]c(-c2ccccn2)n1. The summed E-state index contributed by atoms with van der Waals surface area (Å²) in [5.41, 5.74) is 1.81. The van der Waals surface area contributed by atoms with Crippen LogP contribution in [0.5, 0.6) is 0 Å². The van der Waals surface area contributed by atoms with E-state index < -0.39 is 6.04 Å². The standard InChI is InChI=1S/C21H26N6O2S/c1-21(2,3)17-11-16(26-27-17)20(29)24-13(8-10-30-4)15-12-18(28)25-19(23-15)14-7-5-6-9-22-14/h5-7,9,11-13H,8,10H2,1-4H3,(H,24,29)(H,26,27)(H,23,25,28)/t13-/m0/s1. The van der Waals surface area contributed by atoms with E-state index >= 15 is 0 Å². The van der Waals surface area contributed by atoms with Crippen molar-refractivity contribution < 1.29 is 4.79 Å². The minimum atomic E-state index is -0.426. The van der Waals surface area contributed by atoms with Crippen molar-refractivity contribution in [3.05, 3.63) is 64.0 Å². The van der Waals surface area contributed by atoms with Gasteiger partial charge in [0.1, 0.15) is 11.4 Å². The molecule has 0 fully saturated rings. The smallest absolute Gasteiger partial charge is 0.272 e. The minimum Gasteiger partial charge on any atom is -0.342 e. The number of nitrogens with zero attached hydrogens (tertiary/aromatic N) is 3. The second kappa shape index (κ2) is 9.25. The Morgan fingerprint density at radius 3 is 2.70 bits per heavy atom. The Hall–Kier alpha value is -2.94. The molecule has 3 N–H and O–H groups in total. The molecule has 3 rings (SSSR count). The van der Waals surface area contributed by atoms with E-state index in [1.165, 1.54) is 6.07 Å². The van der Waals surface area contributed by atoms with Crippen LogP contribution in [0.3, 0.4) is 0 Å². The van der Waals surface area contributed by atoms with Gasteiger partial charge in [0.15, 0.2) is 5.82 Å². The lowest BCUT2D eigenvalue weighted by Crippen LogP contribution is -2.31. The number of aromatic amines is 2. The average Bonchev–Trinajstić information content (AvgIpc) is 3.22. The largest absolute Gasteiger partial charge is 0.342 e. The van der Waals surface area contributed by atoms with Crippen molar-refractivity contribution in [3.63, 3.8) is 0 Å². The van der Waals surface area contributed by atoms with Gasteiger partial charge in [-0.15, -0.1) is 0 Å². The maximum atomic E-state index is 12.8. The second-order valence-electron chi connectivity index (χ2n) is 7.96. The molecule has 158 valence electrons. The van der Waals surface area contributed by atoms with Crippen LogP contribution in [0.25, 0.3) is 11.5 Å². The molecule has 0 saturated heterocycles. The molecule has 0 aromatic carbocycles. The van der Waals surface area contributed by atoms with Crippen LogP contribution in [-0.2, 0) is 5.41 Å². The molecule has 3 aromatic rings. The van der Waals surface area contributed by atoms with Crippen molar-refractivity contribution in [2.24, 2.45) is 0 Å². The third-order valence-corrected chi connectivity index (χ3v) is 5.20. The van der Waals surface area contributed by atoms with Gasteiger partial charge in [-0.25, -0.2) is 4.98 Å². The highest BCUT2D eigenvalue weighted by Crippen LogP contribution is 2.22. The van der Waals surface area contributed by atoms with E-state index in [0.29, 0.717) is 29.3 Å². The maximum absolute atomic E-state index is 12.8. The number of pyridine rings is 1. The fourth-order valence-electron chi connectivity index (χ4n) is 2.86. The van der Waals surface area contributed by atoms with E-state index in [9.17, 15) is 9.59 Å². The third-order valence-electron chi connectivity index (χ3n) is 4.56. The number of amides is 1. The molecule has 30 heavy (non-hydrogen) atoms. The molecule has 0 unspecified atom stereocenters. The quantitative estimate of drug-likeness (QED) is 0.535. The number of H-pyrrole nitrogens is 2. The Labute approximate surface area is 179 Å². The topological polar surface area (TPSA) is 116 Å². The molecule has 0 aliphatic rings. The van der Waals surface area contributed by atoms with E-state index in [0.717, 1.165) is 11.4 Å². The first-order chi connectivity index (χ1) is 14.3. The molecule has 3 aromatic heterocycles. The number of rotatable bonds is 7. The molecule has 1 atom stereocenters. The monoisotopic (exact) mass is 426 g/mol. The molecule has 0 aliphatic heterocycles. The zero-order valence-electron chi connectivity index (χ0n) is 17.5. The van der Waals surface area contributed by atoms with Gasteiger partial charge < -0.3 is 10.3 Å². The number of aromatic nitrogens is 5. The first-order valence-corrected chi connectivity index (χ1v) is 11.1. The molecule has 1 amide bonds. The Bertz CT molecular complexity index is 1060. The lowest BCUT2D eigenvalue weighted by Gasteiger charge is -2.18. The Kier molecular flexibility index (Phi) is 6.71. The fraction of sp³-hybridized carbons (Fsp3) is 0.381. The summed E-state index contributed by atoms with van der Waals surface area (Å²) in [5.74, 6) is 0.859. The van der Waals surface area contributed by atoms with Gasteiger partial charge in [-0.05, 0) is 36.6 Å². The zero-order chi connectivity index (χ0) is 21.7.